The number of piperidine rings is 1. The molecule has 1 aromatic rings. The third-order valence-corrected chi connectivity index (χ3v) is 2.94. The monoisotopic (exact) mass is 277 g/mol. The van der Waals surface area contributed by atoms with Crippen LogP contribution >= 0.6 is 24.0 Å². The molecule has 0 saturated carbocycles. The van der Waals surface area contributed by atoms with Crippen molar-refractivity contribution in [3.05, 3.63) is 23.2 Å². The Labute approximate surface area is 113 Å². The molecule has 0 unspecified atom stereocenters. The van der Waals surface area contributed by atoms with Crippen molar-refractivity contribution in [2.24, 2.45) is 0 Å². The molecule has 5 heteroatoms. The lowest BCUT2D eigenvalue weighted by Crippen LogP contribution is -2.34. The summed E-state index contributed by atoms with van der Waals surface area (Å²) in [6, 6.07) is 5.46. The van der Waals surface area contributed by atoms with E-state index in [0.717, 1.165) is 31.7 Å². The third-order valence-electron chi connectivity index (χ3n) is 2.71. The SMILES string of the molecule is COc1cc(Cl)ccc1OC1CCNCC1.Cl. The van der Waals surface area contributed by atoms with Crippen LogP contribution < -0.4 is 14.8 Å². The molecular formula is C12H17Cl2NO2. The Morgan fingerprint density at radius 3 is 2.59 bits per heavy atom. The van der Waals surface area contributed by atoms with Gasteiger partial charge in [-0.3, -0.25) is 0 Å². The fourth-order valence-corrected chi connectivity index (χ4v) is 1.99. The van der Waals surface area contributed by atoms with Gasteiger partial charge in [0.25, 0.3) is 0 Å². The van der Waals surface area contributed by atoms with E-state index in [1.54, 1.807) is 13.2 Å². The summed E-state index contributed by atoms with van der Waals surface area (Å²) in [6.45, 7) is 2.03. The van der Waals surface area contributed by atoms with Gasteiger partial charge in [0.1, 0.15) is 6.10 Å². The number of halogens is 2. The van der Waals surface area contributed by atoms with E-state index in [2.05, 4.69) is 5.32 Å². The second-order valence-corrected chi connectivity index (χ2v) is 4.30. The van der Waals surface area contributed by atoms with E-state index < -0.39 is 0 Å². The average Bonchev–Trinajstić information content (AvgIpc) is 2.33. The first kappa shape index (κ1) is 14.4. The Balaban J connectivity index is 0.00000144. The van der Waals surface area contributed by atoms with Crippen molar-refractivity contribution in [2.75, 3.05) is 20.2 Å². The standard InChI is InChI=1S/C12H16ClNO2.ClH/c1-15-12-8-9(13)2-3-11(12)16-10-4-6-14-7-5-10;/h2-3,8,10,14H,4-7H2,1H3;1H. The molecule has 96 valence electrons. The normalized spacial score (nSPS) is 16.1. The molecule has 1 fully saturated rings. The average molecular weight is 278 g/mol. The molecule has 0 aromatic heterocycles. The lowest BCUT2D eigenvalue weighted by Gasteiger charge is -2.24. The van der Waals surface area contributed by atoms with E-state index in [1.165, 1.54) is 0 Å². The minimum atomic E-state index is 0. The Morgan fingerprint density at radius 1 is 1.24 bits per heavy atom. The first-order valence-electron chi connectivity index (χ1n) is 5.50. The van der Waals surface area contributed by atoms with Crippen LogP contribution in [-0.2, 0) is 0 Å². The van der Waals surface area contributed by atoms with Crippen molar-refractivity contribution in [1.82, 2.24) is 5.32 Å². The summed E-state index contributed by atoms with van der Waals surface area (Å²) in [7, 11) is 1.63. The van der Waals surface area contributed by atoms with E-state index >= 15 is 0 Å². The highest BCUT2D eigenvalue weighted by Crippen LogP contribution is 2.31. The largest absolute Gasteiger partial charge is 0.493 e. The van der Waals surface area contributed by atoms with Crippen LogP contribution in [0, 0.1) is 0 Å². The van der Waals surface area contributed by atoms with Gasteiger partial charge >= 0.3 is 0 Å². The fourth-order valence-electron chi connectivity index (χ4n) is 1.83. The van der Waals surface area contributed by atoms with Gasteiger partial charge in [0.05, 0.1) is 7.11 Å². The molecule has 0 atom stereocenters. The van der Waals surface area contributed by atoms with Crippen LogP contribution in [0.1, 0.15) is 12.8 Å². The van der Waals surface area contributed by atoms with Gasteiger partial charge in [0, 0.05) is 11.1 Å². The van der Waals surface area contributed by atoms with Crippen molar-refractivity contribution >= 4 is 24.0 Å². The van der Waals surface area contributed by atoms with Crippen LogP contribution in [-0.4, -0.2) is 26.3 Å². The predicted octanol–water partition coefficient (Wildman–Crippen LogP) is 2.90. The Kier molecular flexibility index (Phi) is 5.89. The predicted molar refractivity (Wildman–Crippen MR) is 71.8 cm³/mol. The van der Waals surface area contributed by atoms with Crippen LogP contribution in [0.5, 0.6) is 11.5 Å². The molecule has 1 N–H and O–H groups in total. The number of rotatable bonds is 3. The zero-order chi connectivity index (χ0) is 11.4. The molecule has 1 aliphatic heterocycles. The summed E-state index contributed by atoms with van der Waals surface area (Å²) >= 11 is 5.89. The molecule has 2 rings (SSSR count). The molecule has 0 spiro atoms. The first-order valence-corrected chi connectivity index (χ1v) is 5.88. The summed E-state index contributed by atoms with van der Waals surface area (Å²) in [4.78, 5) is 0. The van der Waals surface area contributed by atoms with Gasteiger partial charge in [-0.2, -0.15) is 0 Å². The zero-order valence-electron chi connectivity index (χ0n) is 9.74. The number of hydrogen-bond donors (Lipinski definition) is 1. The van der Waals surface area contributed by atoms with Gasteiger partial charge in [0.2, 0.25) is 0 Å². The highest BCUT2D eigenvalue weighted by molar-refractivity contribution is 6.30. The number of methoxy groups -OCH3 is 1. The zero-order valence-corrected chi connectivity index (χ0v) is 11.3. The second-order valence-electron chi connectivity index (χ2n) is 3.86. The molecule has 0 bridgehead atoms. The van der Waals surface area contributed by atoms with E-state index in [9.17, 15) is 0 Å². The van der Waals surface area contributed by atoms with Crippen LogP contribution in [0.25, 0.3) is 0 Å². The minimum absolute atomic E-state index is 0. The van der Waals surface area contributed by atoms with Crippen molar-refractivity contribution < 1.29 is 9.47 Å². The van der Waals surface area contributed by atoms with Gasteiger partial charge in [-0.1, -0.05) is 11.6 Å². The summed E-state index contributed by atoms with van der Waals surface area (Å²) in [5.74, 6) is 1.48. The Morgan fingerprint density at radius 2 is 1.94 bits per heavy atom. The number of benzene rings is 1. The molecule has 3 nitrogen and oxygen atoms in total. The Hall–Kier alpha value is -0.640. The van der Waals surface area contributed by atoms with Crippen molar-refractivity contribution in [3.63, 3.8) is 0 Å². The molecule has 1 saturated heterocycles. The Bertz CT molecular complexity index is 354. The van der Waals surface area contributed by atoms with E-state index in [0.29, 0.717) is 10.8 Å². The van der Waals surface area contributed by atoms with E-state index in [1.807, 2.05) is 12.1 Å². The number of nitrogens with one attached hydrogen (secondary N) is 1. The molecule has 17 heavy (non-hydrogen) atoms. The van der Waals surface area contributed by atoms with Crippen LogP contribution in [0.15, 0.2) is 18.2 Å². The molecule has 0 aliphatic carbocycles. The second kappa shape index (κ2) is 6.94. The topological polar surface area (TPSA) is 30.5 Å². The van der Waals surface area contributed by atoms with Crippen molar-refractivity contribution in [2.45, 2.75) is 18.9 Å². The minimum Gasteiger partial charge on any atom is -0.493 e. The smallest absolute Gasteiger partial charge is 0.162 e. The van der Waals surface area contributed by atoms with Crippen molar-refractivity contribution in [1.29, 1.82) is 0 Å². The highest BCUT2D eigenvalue weighted by Gasteiger charge is 2.16. The number of ether oxygens (including phenoxy) is 2. The molecule has 1 heterocycles. The molecule has 0 amide bonds. The first-order chi connectivity index (χ1) is 7.79. The van der Waals surface area contributed by atoms with Crippen LogP contribution in [0.4, 0.5) is 0 Å². The molecule has 0 radical (unpaired) electrons. The lowest BCUT2D eigenvalue weighted by molar-refractivity contribution is 0.156. The molecular weight excluding hydrogens is 261 g/mol. The number of hydrogen-bond acceptors (Lipinski definition) is 3. The van der Waals surface area contributed by atoms with Crippen LogP contribution in [0.2, 0.25) is 5.02 Å². The van der Waals surface area contributed by atoms with Gasteiger partial charge in [-0.25, -0.2) is 0 Å². The maximum Gasteiger partial charge on any atom is 0.162 e. The van der Waals surface area contributed by atoms with E-state index in [-0.39, 0.29) is 18.5 Å². The maximum absolute atomic E-state index is 5.91. The molecule has 1 aromatic carbocycles. The third kappa shape index (κ3) is 3.95. The summed E-state index contributed by atoms with van der Waals surface area (Å²) in [5.41, 5.74) is 0. The van der Waals surface area contributed by atoms with Gasteiger partial charge in [-0.15, -0.1) is 12.4 Å². The van der Waals surface area contributed by atoms with Gasteiger partial charge < -0.3 is 14.8 Å². The van der Waals surface area contributed by atoms with Crippen LogP contribution in [0.3, 0.4) is 0 Å². The summed E-state index contributed by atoms with van der Waals surface area (Å²) in [6.07, 6.45) is 2.34. The maximum atomic E-state index is 5.91. The summed E-state index contributed by atoms with van der Waals surface area (Å²) in [5, 5.41) is 3.97. The van der Waals surface area contributed by atoms with Gasteiger partial charge in [-0.05, 0) is 38.1 Å². The van der Waals surface area contributed by atoms with E-state index in [4.69, 9.17) is 21.1 Å². The van der Waals surface area contributed by atoms with Gasteiger partial charge in [0.15, 0.2) is 11.5 Å². The fraction of sp³-hybridized carbons (Fsp3) is 0.500. The highest BCUT2D eigenvalue weighted by atomic mass is 35.5. The lowest BCUT2D eigenvalue weighted by atomic mass is 10.1. The summed E-state index contributed by atoms with van der Waals surface area (Å²) < 4.78 is 11.2. The quantitative estimate of drug-likeness (QED) is 0.922. The molecule has 1 aliphatic rings. The van der Waals surface area contributed by atoms with Crippen molar-refractivity contribution in [3.8, 4) is 11.5 Å².